The summed E-state index contributed by atoms with van der Waals surface area (Å²) in [7, 11) is 0. The van der Waals surface area contributed by atoms with Gasteiger partial charge in [-0.3, -0.25) is 4.79 Å². The van der Waals surface area contributed by atoms with Crippen molar-refractivity contribution in [2.24, 2.45) is 5.92 Å². The number of rotatable bonds is 2. The first kappa shape index (κ1) is 16.3. The molecule has 0 saturated carbocycles. The van der Waals surface area contributed by atoms with Gasteiger partial charge in [-0.1, -0.05) is 12.1 Å². The summed E-state index contributed by atoms with van der Waals surface area (Å²) in [5.41, 5.74) is 0.977. The highest BCUT2D eigenvalue weighted by Gasteiger charge is 2.29. The van der Waals surface area contributed by atoms with Gasteiger partial charge in [0.1, 0.15) is 11.6 Å². The van der Waals surface area contributed by atoms with Gasteiger partial charge in [0.2, 0.25) is 5.91 Å². The van der Waals surface area contributed by atoms with Crippen LogP contribution < -0.4 is 4.90 Å². The minimum absolute atomic E-state index is 0.0497. The van der Waals surface area contributed by atoms with Gasteiger partial charge in [0.15, 0.2) is 0 Å². The number of amides is 1. The Balaban J connectivity index is 1.54. The lowest BCUT2D eigenvalue weighted by Crippen LogP contribution is -2.39. The molecule has 2 aromatic rings. The molecule has 25 heavy (non-hydrogen) atoms. The number of ether oxygens (including phenoxy) is 1. The fourth-order valence-corrected chi connectivity index (χ4v) is 3.75. The van der Waals surface area contributed by atoms with Gasteiger partial charge in [-0.25, -0.2) is 9.97 Å². The lowest BCUT2D eigenvalue weighted by molar-refractivity contribution is -0.135. The Morgan fingerprint density at radius 1 is 1.16 bits per heavy atom. The number of carbonyl (C=O) groups excluding carboxylic acids is 1. The monoisotopic (exact) mass is 340 g/mol. The predicted octanol–water partition coefficient (Wildman–Crippen LogP) is 2.01. The standard InChI is InChI=1S/C19H24N4O2/c1-14-20-17-6-3-2-5-16(17)18(21-14)22-8-4-9-23(11-10-22)19(24)15-7-12-25-13-15/h2-3,5-6,15H,4,7-13H2,1H3. The highest BCUT2D eigenvalue weighted by molar-refractivity contribution is 5.89. The lowest BCUT2D eigenvalue weighted by atomic mass is 10.1. The van der Waals surface area contributed by atoms with Gasteiger partial charge >= 0.3 is 0 Å². The van der Waals surface area contributed by atoms with Gasteiger partial charge in [-0.05, 0) is 31.9 Å². The molecule has 6 heteroatoms. The minimum Gasteiger partial charge on any atom is -0.381 e. The highest BCUT2D eigenvalue weighted by atomic mass is 16.5. The number of para-hydroxylation sites is 1. The van der Waals surface area contributed by atoms with Gasteiger partial charge in [0.25, 0.3) is 0 Å². The van der Waals surface area contributed by atoms with Crippen LogP contribution in [0.25, 0.3) is 10.9 Å². The van der Waals surface area contributed by atoms with Crippen molar-refractivity contribution < 1.29 is 9.53 Å². The molecular formula is C19H24N4O2. The van der Waals surface area contributed by atoms with Crippen molar-refractivity contribution in [2.45, 2.75) is 19.8 Å². The Kier molecular flexibility index (Phi) is 4.53. The molecule has 0 N–H and O–H groups in total. The van der Waals surface area contributed by atoms with Crippen molar-refractivity contribution in [3.8, 4) is 0 Å². The number of nitrogens with zero attached hydrogens (tertiary/aromatic N) is 4. The maximum atomic E-state index is 12.7. The second-order valence-electron chi connectivity index (χ2n) is 6.84. The third kappa shape index (κ3) is 3.31. The Morgan fingerprint density at radius 2 is 2.04 bits per heavy atom. The van der Waals surface area contributed by atoms with E-state index in [1.807, 2.05) is 30.0 Å². The minimum atomic E-state index is 0.0497. The number of hydrogen-bond donors (Lipinski definition) is 0. The molecule has 1 atom stereocenters. The topological polar surface area (TPSA) is 58.6 Å². The van der Waals surface area contributed by atoms with E-state index in [0.717, 1.165) is 61.6 Å². The molecule has 0 bridgehead atoms. The Bertz CT molecular complexity index is 773. The van der Waals surface area contributed by atoms with Gasteiger partial charge in [0, 0.05) is 38.2 Å². The fraction of sp³-hybridized carbons (Fsp3) is 0.526. The maximum Gasteiger partial charge on any atom is 0.228 e. The summed E-state index contributed by atoms with van der Waals surface area (Å²) in [5.74, 6) is 2.08. The molecule has 1 amide bonds. The molecule has 1 aromatic carbocycles. The summed E-state index contributed by atoms with van der Waals surface area (Å²) in [5, 5.41) is 1.08. The maximum absolute atomic E-state index is 12.7. The van der Waals surface area contributed by atoms with E-state index in [4.69, 9.17) is 9.72 Å². The lowest BCUT2D eigenvalue weighted by Gasteiger charge is -2.25. The van der Waals surface area contributed by atoms with Gasteiger partial charge in [-0.2, -0.15) is 0 Å². The first-order chi connectivity index (χ1) is 12.2. The van der Waals surface area contributed by atoms with Crippen molar-refractivity contribution in [1.82, 2.24) is 14.9 Å². The second kappa shape index (κ2) is 6.96. The molecule has 2 aliphatic heterocycles. The second-order valence-corrected chi connectivity index (χ2v) is 6.84. The van der Waals surface area contributed by atoms with Crippen LogP contribution >= 0.6 is 0 Å². The van der Waals surface area contributed by atoms with E-state index in [9.17, 15) is 4.79 Å². The molecular weight excluding hydrogens is 316 g/mol. The molecule has 6 nitrogen and oxygen atoms in total. The SMILES string of the molecule is Cc1nc(N2CCCN(C(=O)C3CCOC3)CC2)c2ccccc2n1. The Hall–Kier alpha value is -2.21. The first-order valence-corrected chi connectivity index (χ1v) is 9.07. The molecule has 2 fully saturated rings. The van der Waals surface area contributed by atoms with Crippen LogP contribution in [0.4, 0.5) is 5.82 Å². The van der Waals surface area contributed by atoms with Gasteiger partial charge in [0.05, 0.1) is 18.0 Å². The molecule has 2 saturated heterocycles. The quantitative estimate of drug-likeness (QED) is 0.837. The molecule has 0 radical (unpaired) electrons. The van der Waals surface area contributed by atoms with Crippen LogP contribution in [0.15, 0.2) is 24.3 Å². The zero-order chi connectivity index (χ0) is 17.2. The van der Waals surface area contributed by atoms with Crippen LogP contribution in [0.5, 0.6) is 0 Å². The Morgan fingerprint density at radius 3 is 2.88 bits per heavy atom. The van der Waals surface area contributed by atoms with E-state index in [2.05, 4.69) is 16.0 Å². The van der Waals surface area contributed by atoms with E-state index in [1.54, 1.807) is 0 Å². The van der Waals surface area contributed by atoms with Crippen LogP contribution in [0, 0.1) is 12.8 Å². The normalized spacial score (nSPS) is 21.6. The summed E-state index contributed by atoms with van der Waals surface area (Å²) < 4.78 is 5.38. The summed E-state index contributed by atoms with van der Waals surface area (Å²) in [4.78, 5) is 26.2. The summed E-state index contributed by atoms with van der Waals surface area (Å²) in [6, 6.07) is 8.14. The molecule has 1 unspecified atom stereocenters. The van der Waals surface area contributed by atoms with Gasteiger partial charge < -0.3 is 14.5 Å². The largest absolute Gasteiger partial charge is 0.381 e. The zero-order valence-corrected chi connectivity index (χ0v) is 14.6. The van der Waals surface area contributed by atoms with E-state index in [0.29, 0.717) is 13.2 Å². The molecule has 0 aliphatic carbocycles. The van der Waals surface area contributed by atoms with Crippen LogP contribution in [0.1, 0.15) is 18.7 Å². The van der Waals surface area contributed by atoms with E-state index >= 15 is 0 Å². The number of aryl methyl sites for hydroxylation is 1. The number of anilines is 1. The molecule has 2 aliphatic rings. The molecule has 1 aromatic heterocycles. The highest BCUT2D eigenvalue weighted by Crippen LogP contribution is 2.25. The fourth-order valence-electron chi connectivity index (χ4n) is 3.75. The van der Waals surface area contributed by atoms with E-state index in [1.165, 1.54) is 0 Å². The zero-order valence-electron chi connectivity index (χ0n) is 14.6. The van der Waals surface area contributed by atoms with Crippen molar-refractivity contribution in [3.63, 3.8) is 0 Å². The average molecular weight is 340 g/mol. The number of fused-ring (bicyclic) bond motifs is 1. The van der Waals surface area contributed by atoms with E-state index < -0.39 is 0 Å². The number of benzene rings is 1. The van der Waals surface area contributed by atoms with Crippen molar-refractivity contribution in [2.75, 3.05) is 44.3 Å². The van der Waals surface area contributed by atoms with Crippen molar-refractivity contribution >= 4 is 22.6 Å². The van der Waals surface area contributed by atoms with E-state index in [-0.39, 0.29) is 11.8 Å². The number of aromatic nitrogens is 2. The van der Waals surface area contributed by atoms with Crippen LogP contribution in [0.3, 0.4) is 0 Å². The van der Waals surface area contributed by atoms with Crippen LogP contribution in [-0.2, 0) is 9.53 Å². The summed E-state index contributed by atoms with van der Waals surface area (Å²) >= 11 is 0. The number of hydrogen-bond acceptors (Lipinski definition) is 5. The molecule has 3 heterocycles. The predicted molar refractivity (Wildman–Crippen MR) is 96.6 cm³/mol. The first-order valence-electron chi connectivity index (χ1n) is 9.07. The molecule has 132 valence electrons. The van der Waals surface area contributed by atoms with Crippen LogP contribution in [0.2, 0.25) is 0 Å². The molecule has 4 rings (SSSR count). The summed E-state index contributed by atoms with van der Waals surface area (Å²) in [6.07, 6.45) is 1.81. The third-order valence-electron chi connectivity index (χ3n) is 5.08. The number of carbonyl (C=O) groups is 1. The molecule has 0 spiro atoms. The summed E-state index contributed by atoms with van der Waals surface area (Å²) in [6.45, 7) is 6.49. The third-order valence-corrected chi connectivity index (χ3v) is 5.08. The van der Waals surface area contributed by atoms with Gasteiger partial charge in [-0.15, -0.1) is 0 Å². The van der Waals surface area contributed by atoms with Crippen molar-refractivity contribution in [3.05, 3.63) is 30.1 Å². The average Bonchev–Trinajstić information content (AvgIpc) is 3.05. The van der Waals surface area contributed by atoms with Crippen molar-refractivity contribution in [1.29, 1.82) is 0 Å². The smallest absolute Gasteiger partial charge is 0.228 e. The Labute approximate surface area is 147 Å². The van der Waals surface area contributed by atoms with Crippen LogP contribution in [-0.4, -0.2) is 60.2 Å².